The molecule has 0 spiro atoms. The maximum absolute atomic E-state index is 12.3. The maximum Gasteiger partial charge on any atom is 0.308 e. The van der Waals surface area contributed by atoms with Gasteiger partial charge in [0.25, 0.3) is 5.91 Å². The van der Waals surface area contributed by atoms with Crippen LogP contribution in [-0.4, -0.2) is 28.5 Å². The first-order chi connectivity index (χ1) is 11.9. The third-order valence-electron chi connectivity index (χ3n) is 4.37. The van der Waals surface area contributed by atoms with Gasteiger partial charge >= 0.3 is 5.97 Å². The number of carboxylic acid groups (broad SMARTS) is 1. The molecule has 6 nitrogen and oxygen atoms in total. The smallest absolute Gasteiger partial charge is 0.308 e. The van der Waals surface area contributed by atoms with Gasteiger partial charge in [-0.2, -0.15) is 0 Å². The Bertz CT molecular complexity index is 792. The number of hydrogen-bond acceptors (Lipinski definition) is 4. The molecule has 1 heterocycles. The number of carboxylic acids is 1. The Balaban J connectivity index is 1.63. The zero-order valence-electron chi connectivity index (χ0n) is 14.4. The summed E-state index contributed by atoms with van der Waals surface area (Å²) in [5.41, 5.74) is 2.56. The Morgan fingerprint density at radius 2 is 2.12 bits per heavy atom. The van der Waals surface area contributed by atoms with Gasteiger partial charge in [-0.05, 0) is 38.7 Å². The molecular weight excluding hydrogens is 320 g/mol. The molecule has 2 N–H and O–H groups in total. The van der Waals surface area contributed by atoms with E-state index >= 15 is 0 Å². The number of aliphatic carboxylic acids is 1. The van der Waals surface area contributed by atoms with Crippen molar-refractivity contribution in [3.63, 3.8) is 0 Å². The van der Waals surface area contributed by atoms with E-state index in [0.29, 0.717) is 23.9 Å². The molecule has 1 aliphatic carbocycles. The number of carbonyl (C=O) groups is 2. The van der Waals surface area contributed by atoms with Crippen LogP contribution < -0.4 is 5.32 Å². The van der Waals surface area contributed by atoms with Crippen LogP contribution in [0, 0.1) is 19.8 Å². The van der Waals surface area contributed by atoms with E-state index < -0.39 is 17.8 Å². The summed E-state index contributed by atoms with van der Waals surface area (Å²) in [6, 6.07) is 7.72. The second kappa shape index (κ2) is 7.09. The van der Waals surface area contributed by atoms with E-state index in [4.69, 9.17) is 4.42 Å². The summed E-state index contributed by atoms with van der Waals surface area (Å²) in [5.74, 6) is -0.925. The summed E-state index contributed by atoms with van der Waals surface area (Å²) in [4.78, 5) is 28.1. The van der Waals surface area contributed by atoms with Crippen molar-refractivity contribution in [2.24, 2.45) is 5.92 Å². The molecule has 1 fully saturated rings. The van der Waals surface area contributed by atoms with Crippen LogP contribution in [0.1, 0.15) is 52.0 Å². The first-order valence-electron chi connectivity index (χ1n) is 8.48. The largest absolute Gasteiger partial charge is 0.481 e. The Hall–Kier alpha value is -2.63. The van der Waals surface area contributed by atoms with Crippen LogP contribution in [0.4, 0.5) is 0 Å². The minimum absolute atomic E-state index is 0.0427. The van der Waals surface area contributed by atoms with Gasteiger partial charge in [0.15, 0.2) is 5.89 Å². The van der Waals surface area contributed by atoms with E-state index in [0.717, 1.165) is 24.0 Å². The van der Waals surface area contributed by atoms with Gasteiger partial charge in [0.2, 0.25) is 5.76 Å². The molecule has 0 radical (unpaired) electrons. The SMILES string of the molecule is Cc1cccc(CC(CNC(=O)c2oc(C3CC3)nc2C)C(=O)O)c1. The zero-order valence-corrected chi connectivity index (χ0v) is 14.4. The van der Waals surface area contributed by atoms with Gasteiger partial charge in [-0.1, -0.05) is 29.8 Å². The lowest BCUT2D eigenvalue weighted by Crippen LogP contribution is -2.34. The first kappa shape index (κ1) is 17.2. The standard InChI is InChI=1S/C19H22N2O4/c1-11-4-3-5-13(8-11)9-15(19(23)24)10-20-17(22)16-12(2)21-18(25-16)14-6-7-14/h3-5,8,14-15H,6-7,9-10H2,1-2H3,(H,20,22)(H,23,24). The number of oxazole rings is 1. The highest BCUT2D eigenvalue weighted by Crippen LogP contribution is 2.40. The van der Waals surface area contributed by atoms with Crippen LogP contribution in [0.5, 0.6) is 0 Å². The lowest BCUT2D eigenvalue weighted by atomic mass is 9.98. The number of aromatic nitrogens is 1. The molecule has 1 aromatic carbocycles. The van der Waals surface area contributed by atoms with Crippen molar-refractivity contribution in [2.75, 3.05) is 6.54 Å². The fraction of sp³-hybridized carbons (Fsp3) is 0.421. The summed E-state index contributed by atoms with van der Waals surface area (Å²) in [6.45, 7) is 3.73. The Kier molecular flexibility index (Phi) is 4.88. The molecule has 6 heteroatoms. The zero-order chi connectivity index (χ0) is 18.0. The average Bonchev–Trinajstić information content (AvgIpc) is 3.33. The molecule has 3 rings (SSSR count). The Morgan fingerprint density at radius 1 is 1.36 bits per heavy atom. The van der Waals surface area contributed by atoms with Gasteiger partial charge < -0.3 is 14.8 Å². The van der Waals surface area contributed by atoms with Gasteiger partial charge in [-0.25, -0.2) is 4.98 Å². The van der Waals surface area contributed by atoms with Gasteiger partial charge in [-0.3, -0.25) is 9.59 Å². The molecule has 1 aliphatic rings. The van der Waals surface area contributed by atoms with Crippen molar-refractivity contribution < 1.29 is 19.1 Å². The van der Waals surface area contributed by atoms with E-state index in [2.05, 4.69) is 10.3 Å². The number of nitrogens with one attached hydrogen (secondary N) is 1. The van der Waals surface area contributed by atoms with Crippen molar-refractivity contribution in [3.05, 3.63) is 52.7 Å². The maximum atomic E-state index is 12.3. The predicted octanol–water partition coefficient (Wildman–Crippen LogP) is 2.84. The van der Waals surface area contributed by atoms with E-state index in [1.165, 1.54) is 0 Å². The molecule has 2 aromatic rings. The van der Waals surface area contributed by atoms with Crippen LogP contribution in [0.2, 0.25) is 0 Å². The lowest BCUT2D eigenvalue weighted by Gasteiger charge is -2.13. The monoisotopic (exact) mass is 342 g/mol. The van der Waals surface area contributed by atoms with Crippen molar-refractivity contribution in [2.45, 2.75) is 39.0 Å². The summed E-state index contributed by atoms with van der Waals surface area (Å²) in [6.07, 6.45) is 2.44. The summed E-state index contributed by atoms with van der Waals surface area (Å²) in [7, 11) is 0. The summed E-state index contributed by atoms with van der Waals surface area (Å²) >= 11 is 0. The molecule has 1 amide bonds. The van der Waals surface area contributed by atoms with Crippen LogP contribution in [0.25, 0.3) is 0 Å². The van der Waals surface area contributed by atoms with Crippen molar-refractivity contribution >= 4 is 11.9 Å². The van der Waals surface area contributed by atoms with Gasteiger partial charge in [-0.15, -0.1) is 0 Å². The van der Waals surface area contributed by atoms with Crippen molar-refractivity contribution in [1.29, 1.82) is 0 Å². The van der Waals surface area contributed by atoms with Crippen LogP contribution in [0.15, 0.2) is 28.7 Å². The number of amides is 1. The molecular formula is C19H22N2O4. The molecule has 1 aromatic heterocycles. The second-order valence-electron chi connectivity index (χ2n) is 6.68. The molecule has 1 unspecified atom stereocenters. The number of carbonyl (C=O) groups excluding carboxylic acids is 1. The number of rotatable bonds is 7. The fourth-order valence-electron chi connectivity index (χ4n) is 2.80. The van der Waals surface area contributed by atoms with Crippen molar-refractivity contribution in [3.8, 4) is 0 Å². The van der Waals surface area contributed by atoms with Crippen LogP contribution >= 0.6 is 0 Å². The van der Waals surface area contributed by atoms with E-state index in [1.54, 1.807) is 6.92 Å². The molecule has 132 valence electrons. The Morgan fingerprint density at radius 3 is 2.76 bits per heavy atom. The minimum atomic E-state index is -0.935. The van der Waals surface area contributed by atoms with E-state index in [-0.39, 0.29) is 12.3 Å². The molecule has 0 aliphatic heterocycles. The quantitative estimate of drug-likeness (QED) is 0.807. The molecule has 1 saturated carbocycles. The van der Waals surface area contributed by atoms with E-state index in [1.807, 2.05) is 31.2 Å². The number of nitrogens with zero attached hydrogens (tertiary/aromatic N) is 1. The summed E-state index contributed by atoms with van der Waals surface area (Å²) < 4.78 is 5.56. The van der Waals surface area contributed by atoms with Crippen LogP contribution in [-0.2, 0) is 11.2 Å². The topological polar surface area (TPSA) is 92.4 Å². The summed E-state index contributed by atoms with van der Waals surface area (Å²) in [5, 5.41) is 12.1. The molecule has 1 atom stereocenters. The average molecular weight is 342 g/mol. The van der Waals surface area contributed by atoms with Gasteiger partial charge in [0, 0.05) is 12.5 Å². The fourth-order valence-corrected chi connectivity index (χ4v) is 2.80. The van der Waals surface area contributed by atoms with E-state index in [9.17, 15) is 14.7 Å². The Labute approximate surface area is 146 Å². The number of benzene rings is 1. The second-order valence-corrected chi connectivity index (χ2v) is 6.68. The molecule has 0 bridgehead atoms. The highest BCUT2D eigenvalue weighted by atomic mass is 16.4. The third-order valence-corrected chi connectivity index (χ3v) is 4.37. The number of hydrogen-bond donors (Lipinski definition) is 2. The normalized spacial score (nSPS) is 15.0. The van der Waals surface area contributed by atoms with Gasteiger partial charge in [0.1, 0.15) is 0 Å². The third kappa shape index (κ3) is 4.26. The minimum Gasteiger partial charge on any atom is -0.481 e. The molecule has 25 heavy (non-hydrogen) atoms. The lowest BCUT2D eigenvalue weighted by molar-refractivity contribution is -0.141. The first-order valence-corrected chi connectivity index (χ1v) is 8.48. The van der Waals surface area contributed by atoms with Crippen LogP contribution in [0.3, 0.4) is 0 Å². The molecule has 0 saturated heterocycles. The van der Waals surface area contributed by atoms with Gasteiger partial charge in [0.05, 0.1) is 11.6 Å². The highest BCUT2D eigenvalue weighted by molar-refractivity contribution is 5.92. The van der Waals surface area contributed by atoms with Crippen molar-refractivity contribution in [1.82, 2.24) is 10.3 Å². The number of aryl methyl sites for hydroxylation is 2. The highest BCUT2D eigenvalue weighted by Gasteiger charge is 2.31. The predicted molar refractivity (Wildman–Crippen MR) is 91.6 cm³/mol.